The molecule has 0 bridgehead atoms. The Kier molecular flexibility index (Phi) is 4.81. The van der Waals surface area contributed by atoms with Crippen LogP contribution in [0.15, 0.2) is 42.5 Å². The van der Waals surface area contributed by atoms with E-state index in [4.69, 9.17) is 0 Å². The van der Waals surface area contributed by atoms with Crippen molar-refractivity contribution in [1.82, 2.24) is 5.32 Å². The van der Waals surface area contributed by atoms with Crippen LogP contribution in [-0.2, 0) is 0 Å². The van der Waals surface area contributed by atoms with Gasteiger partial charge in [0, 0.05) is 3.57 Å². The number of hydrogen-bond donors (Lipinski definition) is 1. The maximum absolute atomic E-state index is 12.3. The highest BCUT2D eigenvalue weighted by Crippen LogP contribution is 2.20. The van der Waals surface area contributed by atoms with Crippen molar-refractivity contribution in [3.05, 3.63) is 68.3 Å². The van der Waals surface area contributed by atoms with Crippen molar-refractivity contribution < 1.29 is 4.79 Å². The Morgan fingerprint density at radius 3 is 2.50 bits per heavy atom. The number of nitrogens with one attached hydrogen (secondary N) is 1. The molecule has 1 amide bonds. The predicted octanol–water partition coefficient (Wildman–Crippen LogP) is 4.40. The van der Waals surface area contributed by atoms with Crippen LogP contribution in [-0.4, -0.2) is 5.91 Å². The lowest BCUT2D eigenvalue weighted by atomic mass is 10.00. The Labute approximate surface area is 133 Å². The first-order valence-electron chi connectivity index (χ1n) is 6.61. The zero-order chi connectivity index (χ0) is 14.7. The molecule has 2 aromatic rings. The van der Waals surface area contributed by atoms with Crippen LogP contribution in [0.25, 0.3) is 0 Å². The van der Waals surface area contributed by atoms with Gasteiger partial charge in [0.2, 0.25) is 0 Å². The van der Waals surface area contributed by atoms with Crippen molar-refractivity contribution >= 4 is 28.5 Å². The van der Waals surface area contributed by atoms with Gasteiger partial charge in [0.25, 0.3) is 5.91 Å². The molecule has 104 valence electrons. The van der Waals surface area contributed by atoms with E-state index < -0.39 is 0 Å². The number of carbonyl (C=O) groups is 1. The summed E-state index contributed by atoms with van der Waals surface area (Å²) in [5, 5.41) is 3.07. The Bertz CT molecular complexity index is 637. The normalized spacial score (nSPS) is 12.0. The number of rotatable bonds is 3. The summed E-state index contributed by atoms with van der Waals surface area (Å²) in [5.74, 6) is -0.0255. The van der Waals surface area contributed by atoms with Crippen LogP contribution < -0.4 is 5.32 Å². The average Bonchev–Trinajstić information content (AvgIpc) is 2.38. The molecule has 1 atom stereocenters. The molecular weight excluding hydrogens is 361 g/mol. The largest absolute Gasteiger partial charge is 0.345 e. The Hall–Kier alpha value is -1.36. The molecule has 0 aliphatic rings. The molecule has 3 heteroatoms. The monoisotopic (exact) mass is 379 g/mol. The van der Waals surface area contributed by atoms with Gasteiger partial charge in [-0.3, -0.25) is 4.79 Å². The lowest BCUT2D eigenvalue weighted by Gasteiger charge is -2.17. The fourth-order valence-electron chi connectivity index (χ4n) is 2.31. The molecule has 0 spiro atoms. The zero-order valence-electron chi connectivity index (χ0n) is 11.9. The van der Waals surface area contributed by atoms with E-state index in [0.29, 0.717) is 0 Å². The highest BCUT2D eigenvalue weighted by Gasteiger charge is 2.14. The molecular formula is C17H18INO. The third kappa shape index (κ3) is 3.39. The summed E-state index contributed by atoms with van der Waals surface area (Å²) in [6, 6.07) is 13.9. The molecule has 0 aliphatic carbocycles. The maximum Gasteiger partial charge on any atom is 0.252 e. The van der Waals surface area contributed by atoms with Gasteiger partial charge in [-0.15, -0.1) is 0 Å². The number of benzene rings is 2. The maximum atomic E-state index is 12.3. The van der Waals surface area contributed by atoms with Crippen LogP contribution in [0.5, 0.6) is 0 Å². The van der Waals surface area contributed by atoms with E-state index in [2.05, 4.69) is 60.0 Å². The number of carbonyl (C=O) groups excluding carboxylic acids is 1. The number of halogens is 1. The van der Waals surface area contributed by atoms with Crippen molar-refractivity contribution in [2.24, 2.45) is 0 Å². The molecule has 2 aromatic carbocycles. The van der Waals surface area contributed by atoms with E-state index >= 15 is 0 Å². The molecule has 0 heterocycles. The molecule has 20 heavy (non-hydrogen) atoms. The number of amides is 1. The Morgan fingerprint density at radius 2 is 1.85 bits per heavy atom. The van der Waals surface area contributed by atoms with E-state index in [1.807, 2.05) is 31.2 Å². The van der Waals surface area contributed by atoms with Crippen LogP contribution in [0.3, 0.4) is 0 Å². The highest BCUT2D eigenvalue weighted by atomic mass is 127. The molecule has 0 saturated heterocycles. The Balaban J connectivity index is 2.17. The lowest BCUT2D eigenvalue weighted by Crippen LogP contribution is -2.27. The number of aryl methyl sites for hydroxylation is 2. The van der Waals surface area contributed by atoms with Gasteiger partial charge in [-0.05, 0) is 66.6 Å². The second kappa shape index (κ2) is 6.39. The van der Waals surface area contributed by atoms with Crippen LogP contribution in [0.2, 0.25) is 0 Å². The third-order valence-corrected chi connectivity index (χ3v) is 4.30. The summed E-state index contributed by atoms with van der Waals surface area (Å²) in [6.07, 6.45) is 0. The first-order valence-corrected chi connectivity index (χ1v) is 7.69. The molecule has 1 unspecified atom stereocenters. The summed E-state index contributed by atoms with van der Waals surface area (Å²) < 4.78 is 0.968. The van der Waals surface area contributed by atoms with Crippen molar-refractivity contribution in [1.29, 1.82) is 0 Å². The SMILES string of the molecule is Cc1ccc(C(C)NC(=O)c2ccccc2I)c(C)c1. The molecule has 1 N–H and O–H groups in total. The van der Waals surface area contributed by atoms with Gasteiger partial charge >= 0.3 is 0 Å². The van der Waals surface area contributed by atoms with Gasteiger partial charge in [-0.2, -0.15) is 0 Å². The standard InChI is InChI=1S/C17H18INO/c1-11-8-9-14(12(2)10-11)13(3)19-17(20)15-6-4-5-7-16(15)18/h4-10,13H,1-3H3,(H,19,20). The first kappa shape index (κ1) is 15.0. The van der Waals surface area contributed by atoms with Gasteiger partial charge in [0.15, 0.2) is 0 Å². The minimum absolute atomic E-state index is 0.000828. The average molecular weight is 379 g/mol. The van der Waals surface area contributed by atoms with Crippen molar-refractivity contribution in [2.75, 3.05) is 0 Å². The number of hydrogen-bond acceptors (Lipinski definition) is 1. The fourth-order valence-corrected chi connectivity index (χ4v) is 2.94. The Morgan fingerprint density at radius 1 is 1.15 bits per heavy atom. The van der Waals surface area contributed by atoms with E-state index in [-0.39, 0.29) is 11.9 Å². The fraction of sp³-hybridized carbons (Fsp3) is 0.235. The summed E-state index contributed by atoms with van der Waals surface area (Å²) in [4.78, 5) is 12.3. The molecule has 2 nitrogen and oxygen atoms in total. The smallest absolute Gasteiger partial charge is 0.252 e. The summed E-state index contributed by atoms with van der Waals surface area (Å²) in [5.41, 5.74) is 4.34. The minimum Gasteiger partial charge on any atom is -0.345 e. The zero-order valence-corrected chi connectivity index (χ0v) is 14.1. The van der Waals surface area contributed by atoms with E-state index in [1.54, 1.807) is 0 Å². The molecule has 0 aliphatic heterocycles. The van der Waals surface area contributed by atoms with Gasteiger partial charge in [0.1, 0.15) is 0 Å². The van der Waals surface area contributed by atoms with Gasteiger partial charge in [-0.1, -0.05) is 35.9 Å². The van der Waals surface area contributed by atoms with Crippen molar-refractivity contribution in [3.8, 4) is 0 Å². The van der Waals surface area contributed by atoms with Crippen molar-refractivity contribution in [2.45, 2.75) is 26.8 Å². The second-order valence-corrected chi connectivity index (χ2v) is 6.20. The van der Waals surface area contributed by atoms with Gasteiger partial charge in [-0.25, -0.2) is 0 Å². The summed E-state index contributed by atoms with van der Waals surface area (Å²) >= 11 is 2.19. The molecule has 0 saturated carbocycles. The van der Waals surface area contributed by atoms with Crippen LogP contribution in [0.4, 0.5) is 0 Å². The van der Waals surface area contributed by atoms with Crippen LogP contribution in [0.1, 0.15) is 40.0 Å². The van der Waals surface area contributed by atoms with Gasteiger partial charge < -0.3 is 5.32 Å². The highest BCUT2D eigenvalue weighted by molar-refractivity contribution is 14.1. The first-order chi connectivity index (χ1) is 9.49. The molecule has 0 radical (unpaired) electrons. The van der Waals surface area contributed by atoms with Crippen molar-refractivity contribution in [3.63, 3.8) is 0 Å². The molecule has 2 rings (SSSR count). The quantitative estimate of drug-likeness (QED) is 0.787. The summed E-state index contributed by atoms with van der Waals surface area (Å²) in [6.45, 7) is 6.18. The molecule has 0 fully saturated rings. The molecule has 0 aromatic heterocycles. The van der Waals surface area contributed by atoms with Crippen LogP contribution in [0, 0.1) is 17.4 Å². The van der Waals surface area contributed by atoms with Crippen LogP contribution >= 0.6 is 22.6 Å². The van der Waals surface area contributed by atoms with E-state index in [1.165, 1.54) is 11.1 Å². The topological polar surface area (TPSA) is 29.1 Å². The summed E-state index contributed by atoms with van der Waals surface area (Å²) in [7, 11) is 0. The predicted molar refractivity (Wildman–Crippen MR) is 91.0 cm³/mol. The van der Waals surface area contributed by atoms with E-state index in [0.717, 1.165) is 14.7 Å². The van der Waals surface area contributed by atoms with Gasteiger partial charge in [0.05, 0.1) is 11.6 Å². The minimum atomic E-state index is -0.0255. The van der Waals surface area contributed by atoms with E-state index in [9.17, 15) is 4.79 Å². The third-order valence-electron chi connectivity index (χ3n) is 3.36. The second-order valence-electron chi connectivity index (χ2n) is 5.04. The lowest BCUT2D eigenvalue weighted by molar-refractivity contribution is 0.0939.